The maximum Gasteiger partial charge on any atom is 0.338 e. The zero-order valence-corrected chi connectivity index (χ0v) is 16.8. The second kappa shape index (κ2) is 14.1. The zero-order valence-electron chi connectivity index (χ0n) is 16.8. The van der Waals surface area contributed by atoms with Gasteiger partial charge < -0.3 is 29.9 Å². The highest BCUT2D eigenvalue weighted by Crippen LogP contribution is 2.10. The summed E-state index contributed by atoms with van der Waals surface area (Å²) in [6, 6.07) is 8.03. The van der Waals surface area contributed by atoms with Gasteiger partial charge in [0.05, 0.1) is 12.2 Å². The Kier molecular flexibility index (Phi) is 12.1. The molecule has 4 N–H and O–H groups in total. The lowest BCUT2D eigenvalue weighted by Gasteiger charge is -2.25. The lowest BCUT2D eigenvalue weighted by Crippen LogP contribution is -2.49. The van der Waals surface area contributed by atoms with E-state index in [0.29, 0.717) is 6.42 Å². The van der Waals surface area contributed by atoms with Crippen molar-refractivity contribution in [3.05, 3.63) is 35.9 Å². The summed E-state index contributed by atoms with van der Waals surface area (Å²) >= 11 is 0. The summed E-state index contributed by atoms with van der Waals surface area (Å²) in [7, 11) is 0. The normalized spacial score (nSPS) is 15.2. The molecule has 0 aliphatic rings. The van der Waals surface area contributed by atoms with Gasteiger partial charge in [0.15, 0.2) is 6.10 Å². The van der Waals surface area contributed by atoms with Crippen LogP contribution in [0.4, 0.5) is 0 Å². The fourth-order valence-corrected chi connectivity index (χ4v) is 2.61. The number of carbonyl (C=O) groups excluding carboxylic acids is 2. The molecule has 8 heteroatoms. The number of benzene rings is 1. The van der Waals surface area contributed by atoms with Gasteiger partial charge in [-0.3, -0.25) is 0 Å². The Bertz CT molecular complexity index is 592. The molecule has 0 spiro atoms. The molecule has 0 heterocycles. The first-order valence-electron chi connectivity index (χ1n) is 9.99. The van der Waals surface area contributed by atoms with E-state index in [0.717, 1.165) is 32.1 Å². The number of aliphatic hydroxyl groups is 4. The highest BCUT2D eigenvalue weighted by molar-refractivity contribution is 5.89. The van der Waals surface area contributed by atoms with Gasteiger partial charge in [0, 0.05) is 0 Å². The number of carbonyl (C=O) groups is 2. The first-order chi connectivity index (χ1) is 13.9. The first-order valence-corrected chi connectivity index (χ1v) is 9.99. The van der Waals surface area contributed by atoms with Crippen LogP contribution in [-0.4, -0.2) is 70.0 Å². The van der Waals surface area contributed by atoms with E-state index in [9.17, 15) is 30.0 Å². The molecule has 1 rings (SSSR count). The van der Waals surface area contributed by atoms with Crippen LogP contribution >= 0.6 is 0 Å². The molecule has 0 aliphatic carbocycles. The summed E-state index contributed by atoms with van der Waals surface area (Å²) in [5, 5.41) is 39.5. The van der Waals surface area contributed by atoms with Gasteiger partial charge >= 0.3 is 11.9 Å². The Balaban J connectivity index is 2.33. The van der Waals surface area contributed by atoms with Crippen LogP contribution in [-0.2, 0) is 14.3 Å². The van der Waals surface area contributed by atoms with Gasteiger partial charge in [0.1, 0.15) is 24.9 Å². The maximum atomic E-state index is 11.8. The molecule has 4 atom stereocenters. The van der Waals surface area contributed by atoms with Crippen molar-refractivity contribution in [3.63, 3.8) is 0 Å². The molecule has 0 bridgehead atoms. The molecule has 29 heavy (non-hydrogen) atoms. The third kappa shape index (κ3) is 9.36. The first kappa shape index (κ1) is 25.0. The minimum absolute atomic E-state index is 0.0993. The number of hydrogen-bond donors (Lipinski definition) is 4. The average molecular weight is 412 g/mol. The lowest BCUT2D eigenvalue weighted by molar-refractivity contribution is -0.170. The third-order valence-corrected chi connectivity index (χ3v) is 4.45. The molecule has 0 saturated heterocycles. The average Bonchev–Trinajstić information content (AvgIpc) is 2.75. The predicted molar refractivity (Wildman–Crippen MR) is 105 cm³/mol. The summed E-state index contributed by atoms with van der Waals surface area (Å²) in [4.78, 5) is 23.6. The van der Waals surface area contributed by atoms with Crippen LogP contribution in [0.25, 0.3) is 0 Å². The molecule has 0 aliphatic heterocycles. The van der Waals surface area contributed by atoms with Crippen LogP contribution in [0.1, 0.15) is 55.8 Å². The van der Waals surface area contributed by atoms with Gasteiger partial charge in [0.25, 0.3) is 0 Å². The van der Waals surface area contributed by atoms with Gasteiger partial charge in [-0.2, -0.15) is 0 Å². The standard InChI is InChI=1S/C21H32O8/c1-2-3-4-5-6-10-13-28-21(27)19(25)18(24)17(23)16(22)14-29-20(26)15-11-8-7-9-12-15/h7-9,11-12,16-19,22-25H,2-6,10,13-14H2,1H3. The number of rotatable bonds is 14. The van der Waals surface area contributed by atoms with Crippen molar-refractivity contribution in [1.82, 2.24) is 0 Å². The van der Waals surface area contributed by atoms with Crippen LogP contribution in [0.3, 0.4) is 0 Å². The second-order valence-electron chi connectivity index (χ2n) is 6.89. The van der Waals surface area contributed by atoms with Crippen molar-refractivity contribution in [2.45, 2.75) is 69.9 Å². The molecule has 4 unspecified atom stereocenters. The topological polar surface area (TPSA) is 134 Å². The van der Waals surface area contributed by atoms with Crippen molar-refractivity contribution in [2.24, 2.45) is 0 Å². The Morgan fingerprint density at radius 2 is 1.48 bits per heavy atom. The van der Waals surface area contributed by atoms with Crippen molar-refractivity contribution < 1.29 is 39.5 Å². The Morgan fingerprint density at radius 1 is 0.862 bits per heavy atom. The number of aliphatic hydroxyl groups excluding tert-OH is 4. The summed E-state index contributed by atoms with van der Waals surface area (Å²) in [6.45, 7) is 1.60. The molecule has 8 nitrogen and oxygen atoms in total. The SMILES string of the molecule is CCCCCCCCOC(=O)C(O)C(O)C(O)C(O)COC(=O)c1ccccc1. The van der Waals surface area contributed by atoms with Crippen LogP contribution < -0.4 is 0 Å². The van der Waals surface area contributed by atoms with E-state index in [1.807, 2.05) is 0 Å². The van der Waals surface area contributed by atoms with Crippen molar-refractivity contribution in [3.8, 4) is 0 Å². The molecule has 0 aromatic heterocycles. The number of unbranched alkanes of at least 4 members (excludes halogenated alkanes) is 5. The number of ether oxygens (including phenoxy) is 2. The van der Waals surface area contributed by atoms with Gasteiger partial charge in [-0.25, -0.2) is 9.59 Å². The van der Waals surface area contributed by atoms with E-state index in [1.54, 1.807) is 18.2 Å². The monoisotopic (exact) mass is 412 g/mol. The maximum absolute atomic E-state index is 11.8. The smallest absolute Gasteiger partial charge is 0.338 e. The van der Waals surface area contributed by atoms with Crippen molar-refractivity contribution >= 4 is 11.9 Å². The summed E-state index contributed by atoms with van der Waals surface area (Å²) in [5.74, 6) is -1.80. The molecular formula is C21H32O8. The zero-order chi connectivity index (χ0) is 21.6. The fraction of sp³-hybridized carbons (Fsp3) is 0.619. The molecule has 0 radical (unpaired) electrons. The number of hydrogen-bond acceptors (Lipinski definition) is 8. The fourth-order valence-electron chi connectivity index (χ4n) is 2.61. The summed E-state index contributed by atoms with van der Waals surface area (Å²) in [6.07, 6.45) is -1.65. The molecular weight excluding hydrogens is 380 g/mol. The van der Waals surface area contributed by atoms with E-state index in [2.05, 4.69) is 6.92 Å². The minimum atomic E-state index is -2.02. The highest BCUT2D eigenvalue weighted by atomic mass is 16.6. The highest BCUT2D eigenvalue weighted by Gasteiger charge is 2.35. The molecule has 164 valence electrons. The van der Waals surface area contributed by atoms with Gasteiger partial charge in [0.2, 0.25) is 0 Å². The lowest BCUT2D eigenvalue weighted by atomic mass is 10.0. The van der Waals surface area contributed by atoms with Crippen LogP contribution in [0.2, 0.25) is 0 Å². The van der Waals surface area contributed by atoms with Gasteiger partial charge in [-0.1, -0.05) is 57.2 Å². The van der Waals surface area contributed by atoms with E-state index < -0.39 is 43.0 Å². The van der Waals surface area contributed by atoms with Crippen molar-refractivity contribution in [2.75, 3.05) is 13.2 Å². The van der Waals surface area contributed by atoms with Crippen LogP contribution in [0, 0.1) is 0 Å². The molecule has 0 fully saturated rings. The van der Waals surface area contributed by atoms with Gasteiger partial charge in [-0.15, -0.1) is 0 Å². The minimum Gasteiger partial charge on any atom is -0.464 e. The quantitative estimate of drug-likeness (QED) is 0.264. The second-order valence-corrected chi connectivity index (χ2v) is 6.89. The van der Waals surface area contributed by atoms with Crippen LogP contribution in [0.5, 0.6) is 0 Å². The van der Waals surface area contributed by atoms with Gasteiger partial charge in [-0.05, 0) is 18.6 Å². The van der Waals surface area contributed by atoms with Crippen molar-refractivity contribution in [1.29, 1.82) is 0 Å². The molecule has 0 amide bonds. The third-order valence-electron chi connectivity index (χ3n) is 4.45. The molecule has 1 aromatic rings. The van der Waals surface area contributed by atoms with E-state index in [4.69, 9.17) is 9.47 Å². The summed E-state index contributed by atoms with van der Waals surface area (Å²) in [5.41, 5.74) is 0.257. The van der Waals surface area contributed by atoms with E-state index >= 15 is 0 Å². The molecule has 1 aromatic carbocycles. The predicted octanol–water partition coefficient (Wildman–Crippen LogP) is 1.19. The Morgan fingerprint density at radius 3 is 2.14 bits per heavy atom. The molecule has 0 saturated carbocycles. The van der Waals surface area contributed by atoms with Crippen LogP contribution in [0.15, 0.2) is 30.3 Å². The Hall–Kier alpha value is -2.00. The Labute approximate surface area is 171 Å². The van der Waals surface area contributed by atoms with E-state index in [1.165, 1.54) is 12.1 Å². The number of esters is 2. The largest absolute Gasteiger partial charge is 0.464 e. The summed E-state index contributed by atoms with van der Waals surface area (Å²) < 4.78 is 9.75. The van der Waals surface area contributed by atoms with E-state index in [-0.39, 0.29) is 12.2 Å².